The standard InChI is InChI=1S/C22H27Cl2FN2O3/c1-2-29-21-12-16(14-26-5-6-27-7-9-28-10-8-27)11-20(24)22(21)30-15-17-3-4-18(25)13-19(17)23/h3-4,11-13,26H,2,5-10,14-15H2,1H3. The first-order chi connectivity index (χ1) is 14.6. The summed E-state index contributed by atoms with van der Waals surface area (Å²) in [6.45, 7) is 8.65. The number of nitrogens with zero attached hydrogens (tertiary/aromatic N) is 1. The number of hydrogen-bond acceptors (Lipinski definition) is 5. The quantitative estimate of drug-likeness (QED) is 0.531. The number of nitrogens with one attached hydrogen (secondary N) is 1. The summed E-state index contributed by atoms with van der Waals surface area (Å²) in [5, 5.41) is 4.22. The molecule has 3 rings (SSSR count). The predicted molar refractivity (Wildman–Crippen MR) is 117 cm³/mol. The van der Waals surface area contributed by atoms with Crippen molar-refractivity contribution in [1.82, 2.24) is 10.2 Å². The summed E-state index contributed by atoms with van der Waals surface area (Å²) in [5.41, 5.74) is 1.68. The van der Waals surface area contributed by atoms with Crippen molar-refractivity contribution in [3.05, 3.63) is 57.3 Å². The molecule has 0 spiro atoms. The molecule has 0 radical (unpaired) electrons. The first-order valence-electron chi connectivity index (χ1n) is 10.1. The van der Waals surface area contributed by atoms with Crippen molar-refractivity contribution in [1.29, 1.82) is 0 Å². The van der Waals surface area contributed by atoms with Gasteiger partial charge in [0.05, 0.1) is 29.9 Å². The van der Waals surface area contributed by atoms with Crippen LogP contribution in [0.25, 0.3) is 0 Å². The van der Waals surface area contributed by atoms with E-state index >= 15 is 0 Å². The Labute approximate surface area is 187 Å². The Balaban J connectivity index is 1.59. The van der Waals surface area contributed by atoms with Crippen molar-refractivity contribution >= 4 is 23.2 Å². The van der Waals surface area contributed by atoms with Gasteiger partial charge in [0.25, 0.3) is 0 Å². The summed E-state index contributed by atoms with van der Waals surface area (Å²) in [4.78, 5) is 2.38. The fraction of sp³-hybridized carbons (Fsp3) is 0.455. The lowest BCUT2D eigenvalue weighted by Crippen LogP contribution is -2.40. The minimum absolute atomic E-state index is 0.163. The van der Waals surface area contributed by atoms with Crippen LogP contribution in [0.3, 0.4) is 0 Å². The van der Waals surface area contributed by atoms with Gasteiger partial charge in [-0.15, -0.1) is 0 Å². The van der Waals surface area contributed by atoms with Crippen LogP contribution < -0.4 is 14.8 Å². The summed E-state index contributed by atoms with van der Waals surface area (Å²) in [6.07, 6.45) is 0. The van der Waals surface area contributed by atoms with E-state index in [1.54, 1.807) is 6.07 Å². The summed E-state index contributed by atoms with van der Waals surface area (Å²) < 4.78 is 30.2. The highest BCUT2D eigenvalue weighted by atomic mass is 35.5. The minimum atomic E-state index is -0.387. The van der Waals surface area contributed by atoms with Gasteiger partial charge >= 0.3 is 0 Å². The van der Waals surface area contributed by atoms with E-state index in [0.717, 1.165) is 45.0 Å². The monoisotopic (exact) mass is 456 g/mol. The number of benzene rings is 2. The van der Waals surface area contributed by atoms with Crippen molar-refractivity contribution in [3.63, 3.8) is 0 Å². The summed E-state index contributed by atoms with van der Waals surface area (Å²) in [7, 11) is 0. The molecule has 1 aliphatic rings. The molecule has 1 saturated heterocycles. The summed E-state index contributed by atoms with van der Waals surface area (Å²) in [6, 6.07) is 8.00. The molecule has 1 N–H and O–H groups in total. The van der Waals surface area contributed by atoms with Gasteiger partial charge in [-0.3, -0.25) is 4.90 Å². The SMILES string of the molecule is CCOc1cc(CNCCN2CCOCC2)cc(Cl)c1OCc1ccc(F)cc1Cl. The molecule has 1 aliphatic heterocycles. The maximum atomic E-state index is 13.2. The number of hydrogen-bond donors (Lipinski definition) is 1. The van der Waals surface area contributed by atoms with Crippen molar-refractivity contribution in [2.24, 2.45) is 0 Å². The van der Waals surface area contributed by atoms with Gasteiger partial charge < -0.3 is 19.5 Å². The Morgan fingerprint density at radius 1 is 1.10 bits per heavy atom. The van der Waals surface area contributed by atoms with Crippen LogP contribution in [-0.2, 0) is 17.9 Å². The van der Waals surface area contributed by atoms with Crippen molar-refractivity contribution in [2.45, 2.75) is 20.1 Å². The van der Waals surface area contributed by atoms with E-state index in [9.17, 15) is 4.39 Å². The van der Waals surface area contributed by atoms with Gasteiger partial charge in [0.2, 0.25) is 0 Å². The fourth-order valence-electron chi connectivity index (χ4n) is 3.21. The lowest BCUT2D eigenvalue weighted by atomic mass is 10.2. The van der Waals surface area contributed by atoms with E-state index in [1.807, 2.05) is 19.1 Å². The molecule has 0 saturated carbocycles. The highest BCUT2D eigenvalue weighted by molar-refractivity contribution is 6.32. The second-order valence-electron chi connectivity index (χ2n) is 6.99. The molecule has 0 amide bonds. The third-order valence-electron chi connectivity index (χ3n) is 4.79. The topological polar surface area (TPSA) is 43.0 Å². The van der Waals surface area contributed by atoms with Gasteiger partial charge in [0.1, 0.15) is 12.4 Å². The predicted octanol–water partition coefficient (Wildman–Crippen LogP) is 4.53. The molecule has 30 heavy (non-hydrogen) atoms. The maximum absolute atomic E-state index is 13.2. The average Bonchev–Trinajstić information content (AvgIpc) is 2.73. The van der Waals surface area contributed by atoms with Crippen LogP contribution in [-0.4, -0.2) is 50.9 Å². The zero-order valence-corrected chi connectivity index (χ0v) is 18.6. The van der Waals surface area contributed by atoms with Gasteiger partial charge in [-0.05, 0) is 36.8 Å². The number of halogens is 3. The van der Waals surface area contributed by atoms with Crippen LogP contribution in [0.4, 0.5) is 4.39 Å². The zero-order chi connectivity index (χ0) is 21.3. The number of morpholine rings is 1. The molecule has 0 aromatic heterocycles. The molecule has 1 heterocycles. The van der Waals surface area contributed by atoms with Gasteiger partial charge in [-0.1, -0.05) is 29.3 Å². The lowest BCUT2D eigenvalue weighted by molar-refractivity contribution is 0.0384. The zero-order valence-electron chi connectivity index (χ0n) is 17.1. The minimum Gasteiger partial charge on any atom is -0.490 e. The number of rotatable bonds is 10. The van der Waals surface area contributed by atoms with Crippen LogP contribution in [0, 0.1) is 5.82 Å². The Morgan fingerprint density at radius 2 is 1.90 bits per heavy atom. The van der Waals surface area contributed by atoms with E-state index in [-0.39, 0.29) is 12.4 Å². The van der Waals surface area contributed by atoms with Crippen molar-refractivity contribution < 1.29 is 18.6 Å². The van der Waals surface area contributed by atoms with E-state index in [1.165, 1.54) is 12.1 Å². The van der Waals surface area contributed by atoms with E-state index in [0.29, 0.717) is 40.3 Å². The Kier molecular flexibility index (Phi) is 9.03. The van der Waals surface area contributed by atoms with Crippen LogP contribution >= 0.6 is 23.2 Å². The van der Waals surface area contributed by atoms with Crippen LogP contribution in [0.1, 0.15) is 18.1 Å². The van der Waals surface area contributed by atoms with Gasteiger partial charge in [0.15, 0.2) is 11.5 Å². The normalized spacial score (nSPS) is 14.7. The van der Waals surface area contributed by atoms with Gasteiger partial charge in [0, 0.05) is 38.3 Å². The largest absolute Gasteiger partial charge is 0.490 e. The van der Waals surface area contributed by atoms with Crippen LogP contribution in [0.2, 0.25) is 10.0 Å². The molecule has 164 valence electrons. The Morgan fingerprint density at radius 3 is 2.63 bits per heavy atom. The van der Waals surface area contributed by atoms with E-state index in [4.69, 9.17) is 37.4 Å². The Bertz CT molecular complexity index is 832. The first-order valence-corrected chi connectivity index (χ1v) is 10.8. The molecule has 2 aromatic carbocycles. The molecule has 5 nitrogen and oxygen atoms in total. The fourth-order valence-corrected chi connectivity index (χ4v) is 3.72. The lowest BCUT2D eigenvalue weighted by Gasteiger charge is -2.26. The second kappa shape index (κ2) is 11.7. The molecule has 0 unspecified atom stereocenters. The summed E-state index contributed by atoms with van der Waals surface area (Å²) >= 11 is 12.6. The molecule has 1 fully saturated rings. The molecule has 0 bridgehead atoms. The first kappa shape index (κ1) is 23.1. The van der Waals surface area contributed by atoms with Crippen molar-refractivity contribution in [3.8, 4) is 11.5 Å². The Hall–Kier alpha value is -1.57. The van der Waals surface area contributed by atoms with Gasteiger partial charge in [-0.25, -0.2) is 4.39 Å². The summed E-state index contributed by atoms with van der Waals surface area (Å²) in [5.74, 6) is 0.645. The smallest absolute Gasteiger partial charge is 0.180 e. The molecule has 2 aromatic rings. The van der Waals surface area contributed by atoms with Gasteiger partial charge in [-0.2, -0.15) is 0 Å². The van der Waals surface area contributed by atoms with Crippen LogP contribution in [0.15, 0.2) is 30.3 Å². The highest BCUT2D eigenvalue weighted by Gasteiger charge is 2.14. The van der Waals surface area contributed by atoms with Crippen molar-refractivity contribution in [2.75, 3.05) is 46.0 Å². The third-order valence-corrected chi connectivity index (χ3v) is 5.43. The third kappa shape index (κ3) is 6.72. The van der Waals surface area contributed by atoms with E-state index in [2.05, 4.69) is 10.2 Å². The maximum Gasteiger partial charge on any atom is 0.180 e. The van der Waals surface area contributed by atoms with E-state index < -0.39 is 0 Å². The second-order valence-corrected chi connectivity index (χ2v) is 7.81. The average molecular weight is 457 g/mol. The molecule has 8 heteroatoms. The molecular formula is C22H27Cl2FN2O3. The number of ether oxygens (including phenoxy) is 3. The molecular weight excluding hydrogens is 430 g/mol. The highest BCUT2D eigenvalue weighted by Crippen LogP contribution is 2.37. The molecule has 0 atom stereocenters. The van der Waals surface area contributed by atoms with Crippen LogP contribution in [0.5, 0.6) is 11.5 Å². The molecule has 0 aliphatic carbocycles.